The van der Waals surface area contributed by atoms with Crippen LogP contribution in [0.5, 0.6) is 23.0 Å². The van der Waals surface area contributed by atoms with Gasteiger partial charge >= 0.3 is 11.8 Å². The Morgan fingerprint density at radius 3 is 2.54 bits per heavy atom. The lowest BCUT2D eigenvalue weighted by molar-refractivity contribution is -0.136. The molecule has 1 saturated heterocycles. The third-order valence-electron chi connectivity index (χ3n) is 8.17. The van der Waals surface area contributed by atoms with Crippen molar-refractivity contribution in [2.24, 2.45) is 5.92 Å². The molecule has 1 aromatic heterocycles. The molecule has 1 aliphatic heterocycles. The number of amides is 2. The highest BCUT2D eigenvalue weighted by atomic mass is 19.1. The Labute approximate surface area is 278 Å². The summed E-state index contributed by atoms with van der Waals surface area (Å²) in [5.41, 5.74) is 2.34. The Kier molecular flexibility index (Phi) is 10.3. The molecule has 5 aromatic rings. The summed E-state index contributed by atoms with van der Waals surface area (Å²) in [4.78, 5) is 30.3. The number of halogens is 1. The van der Waals surface area contributed by atoms with E-state index in [1.54, 1.807) is 43.6 Å². The van der Waals surface area contributed by atoms with Crippen LogP contribution >= 0.6 is 0 Å². The minimum absolute atomic E-state index is 0.0751. The summed E-state index contributed by atoms with van der Waals surface area (Å²) in [5, 5.41) is 9.20. The normalized spacial score (nSPS) is 13.6. The minimum Gasteiger partial charge on any atom is -0.493 e. The van der Waals surface area contributed by atoms with E-state index in [1.165, 1.54) is 12.1 Å². The molecule has 48 heavy (non-hydrogen) atoms. The zero-order valence-corrected chi connectivity index (χ0v) is 26.4. The number of carbonyl (C=O) groups is 2. The molecule has 0 spiro atoms. The number of rotatable bonds is 11. The first-order chi connectivity index (χ1) is 23.5. The summed E-state index contributed by atoms with van der Waals surface area (Å²) in [5.74, 6) is -0.704. The number of fused-ring (bicyclic) bond motifs is 1. The quantitative estimate of drug-likeness (QED) is 0.147. The summed E-state index contributed by atoms with van der Waals surface area (Å²) < 4.78 is 33.0. The van der Waals surface area contributed by atoms with Crippen LogP contribution in [0, 0.1) is 23.9 Å². The average Bonchev–Trinajstić information content (AvgIpc) is 3.12. The molecule has 0 aliphatic carbocycles. The van der Waals surface area contributed by atoms with Gasteiger partial charge < -0.3 is 30.2 Å². The van der Waals surface area contributed by atoms with Crippen LogP contribution in [0.25, 0.3) is 10.9 Å². The number of aromatic nitrogens is 1. The molecule has 1 atom stereocenters. The van der Waals surface area contributed by atoms with E-state index in [0.29, 0.717) is 52.7 Å². The summed E-state index contributed by atoms with van der Waals surface area (Å²) >= 11 is 0. The molecule has 0 radical (unpaired) electrons. The molecule has 9 nitrogen and oxygen atoms in total. The van der Waals surface area contributed by atoms with Crippen molar-refractivity contribution in [2.75, 3.05) is 32.1 Å². The topological polar surface area (TPSA) is 111 Å². The largest absolute Gasteiger partial charge is 0.493 e. The van der Waals surface area contributed by atoms with Crippen molar-refractivity contribution in [3.05, 3.63) is 120 Å². The highest BCUT2D eigenvalue weighted by Gasteiger charge is 2.22. The Morgan fingerprint density at radius 1 is 0.958 bits per heavy atom. The Hall–Kier alpha value is -5.66. The van der Waals surface area contributed by atoms with Gasteiger partial charge in [-0.15, -0.1) is 0 Å². The second kappa shape index (κ2) is 15.3. The zero-order valence-electron chi connectivity index (χ0n) is 26.4. The van der Waals surface area contributed by atoms with Gasteiger partial charge in [0, 0.05) is 35.0 Å². The van der Waals surface area contributed by atoms with Gasteiger partial charge in [-0.05, 0) is 80.2 Å². The van der Waals surface area contributed by atoms with Crippen molar-refractivity contribution in [3.8, 4) is 23.0 Å². The molecule has 10 heteroatoms. The molecule has 1 fully saturated rings. The van der Waals surface area contributed by atoms with E-state index in [4.69, 9.17) is 14.2 Å². The monoisotopic (exact) mass is 646 g/mol. The molecular weight excluding hydrogens is 611 g/mol. The van der Waals surface area contributed by atoms with E-state index < -0.39 is 23.7 Å². The van der Waals surface area contributed by atoms with Crippen molar-refractivity contribution in [1.82, 2.24) is 15.6 Å². The Bertz CT molecular complexity index is 1870. The van der Waals surface area contributed by atoms with Crippen molar-refractivity contribution in [3.63, 3.8) is 0 Å². The molecule has 2 heterocycles. The summed E-state index contributed by atoms with van der Waals surface area (Å²) in [6.07, 6.45) is 4.11. The first-order valence-corrected chi connectivity index (χ1v) is 15.8. The van der Waals surface area contributed by atoms with Gasteiger partial charge in [0.2, 0.25) is 0 Å². The molecule has 0 bridgehead atoms. The first kappa shape index (κ1) is 32.3. The summed E-state index contributed by atoms with van der Waals surface area (Å²) in [6.45, 7) is 2.54. The fourth-order valence-corrected chi connectivity index (χ4v) is 5.60. The second-order valence-electron chi connectivity index (χ2n) is 11.5. The lowest BCUT2D eigenvalue weighted by Gasteiger charge is -2.23. The zero-order chi connectivity index (χ0) is 33.3. The van der Waals surface area contributed by atoms with E-state index in [-0.39, 0.29) is 11.4 Å². The van der Waals surface area contributed by atoms with Crippen molar-refractivity contribution >= 4 is 28.4 Å². The van der Waals surface area contributed by atoms with E-state index in [0.717, 1.165) is 37.6 Å². The number of nitrogens with zero attached hydrogens (tertiary/aromatic N) is 1. The molecule has 1 unspecified atom stereocenters. The molecule has 1 aliphatic rings. The number of carbonyl (C=O) groups excluding carboxylic acids is 2. The number of pyridine rings is 1. The maximum atomic E-state index is 15.3. The number of ether oxygens (including phenoxy) is 3. The summed E-state index contributed by atoms with van der Waals surface area (Å²) in [6, 6.07) is 29.4. The van der Waals surface area contributed by atoms with Gasteiger partial charge in [-0.2, -0.15) is 0 Å². The fraction of sp³-hybridized carbons (Fsp3) is 0.237. The number of piperidine rings is 1. The van der Waals surface area contributed by atoms with E-state index in [1.807, 2.05) is 36.4 Å². The Balaban J connectivity index is 1.12. The third kappa shape index (κ3) is 8.00. The average molecular weight is 647 g/mol. The molecule has 244 valence electrons. The number of nitrogens with one attached hydrogen (secondary N) is 3. The molecular formula is C38H35FN4O5. The summed E-state index contributed by atoms with van der Waals surface area (Å²) in [7, 11) is 1.56. The van der Waals surface area contributed by atoms with E-state index in [2.05, 4.69) is 33.1 Å². The van der Waals surface area contributed by atoms with Gasteiger partial charge in [0.15, 0.2) is 23.1 Å². The van der Waals surface area contributed by atoms with Crippen LogP contribution in [0.3, 0.4) is 0 Å². The molecule has 4 aromatic carbocycles. The maximum Gasteiger partial charge on any atom is 0.313 e. The van der Waals surface area contributed by atoms with Crippen LogP contribution in [0.15, 0.2) is 91.1 Å². The van der Waals surface area contributed by atoms with Gasteiger partial charge in [0.25, 0.3) is 0 Å². The first-order valence-electron chi connectivity index (χ1n) is 15.8. The number of methoxy groups -OCH3 is 1. The molecule has 2 amide bonds. The molecule has 0 saturated carbocycles. The van der Waals surface area contributed by atoms with Gasteiger partial charge in [-0.25, -0.2) is 4.39 Å². The van der Waals surface area contributed by atoms with Crippen LogP contribution < -0.4 is 30.2 Å². The number of hydrogen-bond acceptors (Lipinski definition) is 7. The number of benzene rings is 3. The number of anilines is 1. The SMILES string of the molecule is COc1cc2c(Oc3ccc(NC(=O)C(=O)NC(Cc4ccccc4)c4c#cccc4)cc3F)ccnc2cc1OCC1CCNCC1. The van der Waals surface area contributed by atoms with Crippen molar-refractivity contribution < 1.29 is 28.2 Å². The van der Waals surface area contributed by atoms with Crippen molar-refractivity contribution in [2.45, 2.75) is 25.3 Å². The van der Waals surface area contributed by atoms with Crippen LogP contribution in [0.4, 0.5) is 10.1 Å². The van der Waals surface area contributed by atoms with Crippen LogP contribution in [-0.4, -0.2) is 43.6 Å². The van der Waals surface area contributed by atoms with Crippen LogP contribution in [0.2, 0.25) is 0 Å². The van der Waals surface area contributed by atoms with Gasteiger partial charge in [0.1, 0.15) is 5.75 Å². The smallest absolute Gasteiger partial charge is 0.313 e. The van der Waals surface area contributed by atoms with Gasteiger partial charge in [0.05, 0.1) is 25.3 Å². The van der Waals surface area contributed by atoms with E-state index >= 15 is 4.39 Å². The molecule has 6 rings (SSSR count). The maximum absolute atomic E-state index is 15.3. The fourth-order valence-electron chi connectivity index (χ4n) is 5.60. The highest BCUT2D eigenvalue weighted by Crippen LogP contribution is 2.38. The predicted molar refractivity (Wildman–Crippen MR) is 180 cm³/mol. The van der Waals surface area contributed by atoms with Crippen molar-refractivity contribution in [1.29, 1.82) is 0 Å². The highest BCUT2D eigenvalue weighted by molar-refractivity contribution is 6.39. The Morgan fingerprint density at radius 2 is 1.79 bits per heavy atom. The molecule has 3 N–H and O–H groups in total. The predicted octanol–water partition coefficient (Wildman–Crippen LogP) is 6.19. The van der Waals surface area contributed by atoms with Gasteiger partial charge in [-0.3, -0.25) is 14.6 Å². The lowest BCUT2D eigenvalue weighted by atomic mass is 9.99. The van der Waals surface area contributed by atoms with Crippen LogP contribution in [-0.2, 0) is 16.0 Å². The third-order valence-corrected chi connectivity index (χ3v) is 8.17. The van der Waals surface area contributed by atoms with Gasteiger partial charge in [-0.1, -0.05) is 48.5 Å². The number of hydrogen-bond donors (Lipinski definition) is 3. The standard InChI is InChI=1S/C38H35FN4O5/c1-46-35-22-29-32(23-36(35)47-24-26-14-17-40-18-15-26)41-19-16-33(29)48-34-13-12-28(21-30(34)39)42-37(44)38(45)43-31(27-10-6-3-7-11-27)20-25-8-4-2-5-9-25/h2-6,8-10,12-13,16,19,21-23,26,31,40H,14-15,17-18,20,24H2,1H3,(H,42,44)(H,43,45). The minimum atomic E-state index is -0.938. The van der Waals surface area contributed by atoms with Crippen LogP contribution in [0.1, 0.15) is 30.0 Å². The second-order valence-corrected chi connectivity index (χ2v) is 11.5. The lowest BCUT2D eigenvalue weighted by Crippen LogP contribution is -2.38. The van der Waals surface area contributed by atoms with E-state index in [9.17, 15) is 9.59 Å².